The minimum Gasteiger partial charge on any atom is -0.491 e. The van der Waals surface area contributed by atoms with Crippen LogP contribution in [0.15, 0.2) is 12.1 Å². The number of nitrogens with zero attached hydrogens (tertiary/aromatic N) is 4. The molecule has 2 aliphatic rings. The summed E-state index contributed by atoms with van der Waals surface area (Å²) >= 11 is 0. The SMILES string of the molecule is Cc1nc(-c2nnn(C)c2COC2CCCCO2)ccc1OCC1CCC1C(=O)O. The highest BCUT2D eigenvalue weighted by atomic mass is 16.7. The van der Waals surface area contributed by atoms with Crippen molar-refractivity contribution >= 4 is 5.97 Å². The predicted molar refractivity (Wildman–Crippen MR) is 107 cm³/mol. The van der Waals surface area contributed by atoms with Gasteiger partial charge in [0.15, 0.2) is 6.29 Å². The van der Waals surface area contributed by atoms with Gasteiger partial charge in [0.2, 0.25) is 0 Å². The molecule has 3 unspecified atom stereocenters. The number of ether oxygens (including phenoxy) is 3. The lowest BCUT2D eigenvalue weighted by molar-refractivity contribution is -0.169. The van der Waals surface area contributed by atoms with Crippen LogP contribution in [-0.4, -0.2) is 50.6 Å². The molecule has 1 N–H and O–H groups in total. The Morgan fingerprint density at radius 2 is 2.17 bits per heavy atom. The summed E-state index contributed by atoms with van der Waals surface area (Å²) in [6, 6.07) is 3.71. The molecule has 4 rings (SSSR count). The number of carboxylic acid groups (broad SMARTS) is 1. The summed E-state index contributed by atoms with van der Waals surface area (Å²) < 4.78 is 19.1. The van der Waals surface area contributed by atoms with Gasteiger partial charge in [-0.3, -0.25) is 4.79 Å². The first kappa shape index (κ1) is 20.7. The van der Waals surface area contributed by atoms with E-state index in [1.54, 1.807) is 4.68 Å². The van der Waals surface area contributed by atoms with Gasteiger partial charge >= 0.3 is 5.97 Å². The maximum Gasteiger partial charge on any atom is 0.306 e. The van der Waals surface area contributed by atoms with E-state index in [2.05, 4.69) is 15.3 Å². The zero-order chi connectivity index (χ0) is 21.1. The molecule has 2 aromatic heterocycles. The summed E-state index contributed by atoms with van der Waals surface area (Å²) in [5.74, 6) is -0.316. The molecular formula is C21H28N4O5. The average Bonchev–Trinajstić information content (AvgIpc) is 3.07. The van der Waals surface area contributed by atoms with Crippen LogP contribution < -0.4 is 4.74 Å². The first-order chi connectivity index (χ1) is 14.5. The quantitative estimate of drug-likeness (QED) is 0.700. The summed E-state index contributed by atoms with van der Waals surface area (Å²) in [6.07, 6.45) is 4.50. The van der Waals surface area contributed by atoms with Gasteiger partial charge in [-0.1, -0.05) is 5.21 Å². The number of hydrogen-bond acceptors (Lipinski definition) is 7. The second kappa shape index (κ2) is 9.09. The Morgan fingerprint density at radius 3 is 2.83 bits per heavy atom. The summed E-state index contributed by atoms with van der Waals surface area (Å²) in [5, 5.41) is 17.6. The highest BCUT2D eigenvalue weighted by molar-refractivity contribution is 5.71. The zero-order valence-electron chi connectivity index (χ0n) is 17.4. The molecule has 162 valence electrons. The number of carboxylic acids is 1. The van der Waals surface area contributed by atoms with E-state index in [0.717, 1.165) is 50.1 Å². The molecule has 0 radical (unpaired) electrons. The number of aliphatic carboxylic acids is 1. The predicted octanol–water partition coefficient (Wildman–Crippen LogP) is 2.72. The first-order valence-corrected chi connectivity index (χ1v) is 10.5. The summed E-state index contributed by atoms with van der Waals surface area (Å²) in [4.78, 5) is 15.8. The fraction of sp³-hybridized carbons (Fsp3) is 0.619. The Balaban J connectivity index is 1.42. The zero-order valence-corrected chi connectivity index (χ0v) is 17.4. The van der Waals surface area contributed by atoms with Gasteiger partial charge in [0, 0.05) is 19.6 Å². The first-order valence-electron chi connectivity index (χ1n) is 10.5. The van der Waals surface area contributed by atoms with Crippen molar-refractivity contribution in [2.24, 2.45) is 18.9 Å². The monoisotopic (exact) mass is 416 g/mol. The standard InChI is InChI=1S/C21H28N4O5/c1-13-18(29-11-14-6-7-15(14)21(26)27)9-8-16(22-13)20-17(25(2)24-23-20)12-30-19-5-3-4-10-28-19/h8-9,14-15,19H,3-7,10-12H2,1-2H3,(H,26,27). The van der Waals surface area contributed by atoms with Gasteiger partial charge in [-0.15, -0.1) is 5.10 Å². The molecule has 9 nitrogen and oxygen atoms in total. The van der Waals surface area contributed by atoms with Gasteiger partial charge in [0.25, 0.3) is 0 Å². The number of aromatic nitrogens is 4. The van der Waals surface area contributed by atoms with Gasteiger partial charge in [-0.25, -0.2) is 9.67 Å². The summed E-state index contributed by atoms with van der Waals surface area (Å²) in [6.45, 7) is 3.35. The van der Waals surface area contributed by atoms with Crippen LogP contribution in [0.2, 0.25) is 0 Å². The molecule has 2 fully saturated rings. The fourth-order valence-corrected chi connectivity index (χ4v) is 3.88. The molecule has 0 spiro atoms. The van der Waals surface area contributed by atoms with Gasteiger partial charge in [0.05, 0.1) is 36.2 Å². The number of hydrogen-bond donors (Lipinski definition) is 1. The molecule has 1 saturated carbocycles. The smallest absolute Gasteiger partial charge is 0.306 e. The van der Waals surface area contributed by atoms with E-state index in [9.17, 15) is 9.90 Å². The Morgan fingerprint density at radius 1 is 1.30 bits per heavy atom. The highest BCUT2D eigenvalue weighted by Gasteiger charge is 2.37. The second-order valence-corrected chi connectivity index (χ2v) is 7.99. The molecule has 1 saturated heterocycles. The number of pyridine rings is 1. The Bertz CT molecular complexity index is 894. The third kappa shape index (κ3) is 4.46. The fourth-order valence-electron chi connectivity index (χ4n) is 3.88. The molecular weight excluding hydrogens is 388 g/mol. The molecule has 3 atom stereocenters. The van der Waals surface area contributed by atoms with Crippen molar-refractivity contribution in [1.82, 2.24) is 20.0 Å². The second-order valence-electron chi connectivity index (χ2n) is 7.99. The minimum atomic E-state index is -0.740. The van der Waals surface area contributed by atoms with Crippen molar-refractivity contribution in [3.05, 3.63) is 23.5 Å². The van der Waals surface area contributed by atoms with E-state index in [1.807, 2.05) is 26.1 Å². The van der Waals surface area contributed by atoms with Crippen LogP contribution in [0.1, 0.15) is 43.5 Å². The van der Waals surface area contributed by atoms with Crippen LogP contribution in [0.5, 0.6) is 5.75 Å². The molecule has 9 heteroatoms. The van der Waals surface area contributed by atoms with Crippen molar-refractivity contribution in [2.45, 2.75) is 51.9 Å². The van der Waals surface area contributed by atoms with E-state index < -0.39 is 5.97 Å². The van der Waals surface area contributed by atoms with E-state index in [1.165, 1.54) is 0 Å². The van der Waals surface area contributed by atoms with Crippen LogP contribution in [0.4, 0.5) is 0 Å². The van der Waals surface area contributed by atoms with Gasteiger partial charge in [-0.2, -0.15) is 0 Å². The van der Waals surface area contributed by atoms with E-state index in [4.69, 9.17) is 14.2 Å². The minimum absolute atomic E-state index is 0.0623. The molecule has 0 aromatic carbocycles. The molecule has 0 amide bonds. The van der Waals surface area contributed by atoms with Crippen molar-refractivity contribution < 1.29 is 24.1 Å². The van der Waals surface area contributed by atoms with Gasteiger partial charge in [-0.05, 0) is 51.2 Å². The third-order valence-corrected chi connectivity index (χ3v) is 5.95. The topological polar surface area (TPSA) is 109 Å². The molecule has 1 aliphatic heterocycles. The van der Waals surface area contributed by atoms with Crippen molar-refractivity contribution in [3.8, 4) is 17.1 Å². The molecule has 0 bridgehead atoms. The van der Waals surface area contributed by atoms with Crippen molar-refractivity contribution in [3.63, 3.8) is 0 Å². The lowest BCUT2D eigenvalue weighted by Crippen LogP contribution is -2.36. The largest absolute Gasteiger partial charge is 0.491 e. The normalized spacial score (nSPS) is 23.7. The summed E-state index contributed by atoms with van der Waals surface area (Å²) in [5.41, 5.74) is 2.94. The molecule has 3 heterocycles. The maximum absolute atomic E-state index is 11.2. The molecule has 30 heavy (non-hydrogen) atoms. The Kier molecular flexibility index (Phi) is 6.29. The van der Waals surface area contributed by atoms with E-state index >= 15 is 0 Å². The number of carbonyl (C=O) groups is 1. The molecule has 2 aromatic rings. The van der Waals surface area contributed by atoms with E-state index in [0.29, 0.717) is 30.4 Å². The van der Waals surface area contributed by atoms with Gasteiger partial charge in [0.1, 0.15) is 11.4 Å². The van der Waals surface area contributed by atoms with Crippen LogP contribution in [0.3, 0.4) is 0 Å². The van der Waals surface area contributed by atoms with Crippen LogP contribution in [-0.2, 0) is 27.9 Å². The Hall–Kier alpha value is -2.52. The Labute approximate surface area is 175 Å². The van der Waals surface area contributed by atoms with Gasteiger partial charge < -0.3 is 19.3 Å². The van der Waals surface area contributed by atoms with Crippen LogP contribution >= 0.6 is 0 Å². The van der Waals surface area contributed by atoms with Crippen molar-refractivity contribution in [1.29, 1.82) is 0 Å². The number of aryl methyl sites for hydroxylation is 2. The maximum atomic E-state index is 11.2. The van der Waals surface area contributed by atoms with Crippen LogP contribution in [0.25, 0.3) is 11.4 Å². The van der Waals surface area contributed by atoms with Crippen LogP contribution in [0, 0.1) is 18.8 Å². The van der Waals surface area contributed by atoms with E-state index in [-0.39, 0.29) is 18.1 Å². The average molecular weight is 416 g/mol. The highest BCUT2D eigenvalue weighted by Crippen LogP contribution is 2.35. The van der Waals surface area contributed by atoms with Crippen molar-refractivity contribution in [2.75, 3.05) is 13.2 Å². The lowest BCUT2D eigenvalue weighted by Gasteiger charge is -2.33. The molecule has 1 aliphatic carbocycles. The lowest BCUT2D eigenvalue weighted by atomic mass is 9.74. The summed E-state index contributed by atoms with van der Waals surface area (Å²) in [7, 11) is 1.83. The number of rotatable bonds is 8. The third-order valence-electron chi connectivity index (χ3n) is 5.95.